The van der Waals surface area contributed by atoms with Gasteiger partial charge in [-0.1, -0.05) is 32.0 Å². The van der Waals surface area contributed by atoms with Crippen LogP contribution >= 0.6 is 0 Å². The molecular formula is C22H36N4O2+2. The number of carbonyl (C=O) groups excluding carboxylic acids is 2. The van der Waals surface area contributed by atoms with Gasteiger partial charge in [0.1, 0.15) is 26.2 Å². The molecule has 1 atom stereocenters. The smallest absolute Gasteiger partial charge is 0.279 e. The van der Waals surface area contributed by atoms with Crippen molar-refractivity contribution in [1.82, 2.24) is 4.90 Å². The molecule has 0 radical (unpaired) electrons. The van der Waals surface area contributed by atoms with Crippen LogP contribution in [0.4, 0.5) is 5.69 Å². The number of hydrogen-bond acceptors (Lipinski definition) is 2. The van der Waals surface area contributed by atoms with Gasteiger partial charge in [-0.05, 0) is 36.8 Å². The minimum Gasteiger partial charge on any atom is -0.338 e. The van der Waals surface area contributed by atoms with Crippen molar-refractivity contribution in [3.8, 4) is 0 Å². The van der Waals surface area contributed by atoms with E-state index in [2.05, 4.69) is 30.1 Å². The molecule has 0 aliphatic carbocycles. The number of piperazine rings is 1. The fraction of sp³-hybridized carbons (Fsp3) is 0.636. The molecule has 2 saturated heterocycles. The number of likely N-dealkylation sites (tertiary alicyclic amines) is 1. The van der Waals surface area contributed by atoms with Gasteiger partial charge >= 0.3 is 0 Å². The Morgan fingerprint density at radius 1 is 1.11 bits per heavy atom. The summed E-state index contributed by atoms with van der Waals surface area (Å²) in [5, 5.41) is 3.07. The van der Waals surface area contributed by atoms with Gasteiger partial charge in [-0.15, -0.1) is 0 Å². The average Bonchev–Trinajstić information content (AvgIpc) is 2.70. The van der Waals surface area contributed by atoms with Crippen molar-refractivity contribution in [2.75, 3.05) is 57.7 Å². The Kier molecular flexibility index (Phi) is 7.45. The van der Waals surface area contributed by atoms with Gasteiger partial charge in [-0.25, -0.2) is 0 Å². The molecule has 0 aromatic heterocycles. The van der Waals surface area contributed by atoms with E-state index < -0.39 is 0 Å². The Hall–Kier alpha value is -1.92. The largest absolute Gasteiger partial charge is 0.338 e. The second kappa shape index (κ2) is 10.0. The van der Waals surface area contributed by atoms with Crippen LogP contribution in [0.1, 0.15) is 32.3 Å². The normalized spacial score (nSPS) is 25.4. The number of carbonyl (C=O) groups is 2. The van der Waals surface area contributed by atoms with E-state index in [0.29, 0.717) is 24.9 Å². The first kappa shape index (κ1) is 20.8. The predicted octanol–water partition coefficient (Wildman–Crippen LogP) is -0.771. The number of para-hydroxylation sites is 1. The number of anilines is 1. The third-order valence-electron chi connectivity index (χ3n) is 6.16. The van der Waals surface area contributed by atoms with Gasteiger partial charge in [0.25, 0.3) is 11.8 Å². The van der Waals surface area contributed by atoms with Crippen LogP contribution in [0.25, 0.3) is 0 Å². The van der Waals surface area contributed by atoms with E-state index in [1.807, 2.05) is 18.2 Å². The second-order valence-electron chi connectivity index (χ2n) is 8.50. The zero-order valence-corrected chi connectivity index (χ0v) is 17.4. The van der Waals surface area contributed by atoms with Gasteiger partial charge in [0.05, 0.1) is 0 Å². The Labute approximate surface area is 168 Å². The van der Waals surface area contributed by atoms with Gasteiger partial charge in [0.2, 0.25) is 0 Å². The van der Waals surface area contributed by atoms with Crippen molar-refractivity contribution < 1.29 is 19.4 Å². The summed E-state index contributed by atoms with van der Waals surface area (Å²) in [6, 6.07) is 8.00. The standard InChI is InChI=1S/C22H34N4O2/c1-3-19-8-4-5-9-20(19)23-21(27)16-24-11-13-25(14-12-24)17-22(28)26-10-6-7-18(2)15-26/h4-5,8-9,18H,3,6-7,10-17H2,1-2H3,(H,23,27)/p+2/t18-/m0/s1. The molecule has 1 aromatic carbocycles. The van der Waals surface area contributed by atoms with E-state index in [9.17, 15) is 9.59 Å². The first-order chi connectivity index (χ1) is 13.5. The number of aryl methyl sites for hydroxylation is 1. The molecule has 28 heavy (non-hydrogen) atoms. The Morgan fingerprint density at radius 2 is 1.79 bits per heavy atom. The van der Waals surface area contributed by atoms with Gasteiger partial charge < -0.3 is 20.0 Å². The molecule has 3 N–H and O–H groups in total. The van der Waals surface area contributed by atoms with Crippen molar-refractivity contribution in [3.63, 3.8) is 0 Å². The number of nitrogens with one attached hydrogen (secondary N) is 3. The summed E-state index contributed by atoms with van der Waals surface area (Å²) in [6.07, 6.45) is 3.29. The van der Waals surface area contributed by atoms with Crippen LogP contribution in [0.15, 0.2) is 24.3 Å². The molecule has 0 unspecified atom stereocenters. The summed E-state index contributed by atoms with van der Waals surface area (Å²) >= 11 is 0. The third-order valence-corrected chi connectivity index (χ3v) is 6.16. The van der Waals surface area contributed by atoms with Gasteiger partial charge in [-0.2, -0.15) is 0 Å². The predicted molar refractivity (Wildman–Crippen MR) is 111 cm³/mol. The highest BCUT2D eigenvalue weighted by Gasteiger charge is 2.29. The number of nitrogens with zero attached hydrogens (tertiary/aromatic N) is 1. The monoisotopic (exact) mass is 388 g/mol. The summed E-state index contributed by atoms with van der Waals surface area (Å²) < 4.78 is 0. The molecule has 6 heteroatoms. The van der Waals surface area contributed by atoms with E-state index in [1.54, 1.807) is 0 Å². The zero-order valence-electron chi connectivity index (χ0n) is 17.4. The summed E-state index contributed by atoms with van der Waals surface area (Å²) in [7, 11) is 0. The molecule has 6 nitrogen and oxygen atoms in total. The van der Waals surface area contributed by atoms with E-state index in [4.69, 9.17) is 0 Å². The molecule has 1 aromatic rings. The molecule has 2 amide bonds. The molecule has 2 heterocycles. The highest BCUT2D eigenvalue weighted by atomic mass is 16.2. The minimum atomic E-state index is 0.0812. The molecule has 154 valence electrons. The van der Waals surface area contributed by atoms with Crippen LogP contribution in [0.5, 0.6) is 0 Å². The lowest BCUT2D eigenvalue weighted by Crippen LogP contribution is -3.28. The number of piperidine rings is 1. The third kappa shape index (κ3) is 5.79. The average molecular weight is 389 g/mol. The Morgan fingerprint density at radius 3 is 2.46 bits per heavy atom. The number of rotatable bonds is 6. The summed E-state index contributed by atoms with van der Waals surface area (Å²) in [4.78, 5) is 29.7. The molecule has 2 fully saturated rings. The quantitative estimate of drug-likeness (QED) is 0.599. The van der Waals surface area contributed by atoms with E-state index in [1.165, 1.54) is 21.8 Å². The van der Waals surface area contributed by atoms with Gasteiger partial charge in [-0.3, -0.25) is 9.59 Å². The Bertz CT molecular complexity index is 670. The molecule has 2 aliphatic heterocycles. The summed E-state index contributed by atoms with van der Waals surface area (Å²) in [5.41, 5.74) is 2.10. The summed E-state index contributed by atoms with van der Waals surface area (Å²) in [5.74, 6) is 1.02. The van der Waals surface area contributed by atoms with Crippen LogP contribution in [-0.2, 0) is 16.0 Å². The maximum absolute atomic E-state index is 12.6. The van der Waals surface area contributed by atoms with Crippen LogP contribution in [-0.4, -0.2) is 69.1 Å². The number of amides is 2. The lowest BCUT2D eigenvalue weighted by atomic mass is 10.0. The van der Waals surface area contributed by atoms with Crippen LogP contribution in [0.3, 0.4) is 0 Å². The number of hydrogen-bond donors (Lipinski definition) is 3. The lowest BCUT2D eigenvalue weighted by Gasteiger charge is -2.33. The number of quaternary nitrogens is 2. The van der Waals surface area contributed by atoms with Crippen LogP contribution < -0.4 is 15.1 Å². The molecule has 2 aliphatic rings. The van der Waals surface area contributed by atoms with Gasteiger partial charge in [0.15, 0.2) is 13.1 Å². The molecule has 0 saturated carbocycles. The minimum absolute atomic E-state index is 0.0812. The van der Waals surface area contributed by atoms with Crippen LogP contribution in [0, 0.1) is 5.92 Å². The molecule has 3 rings (SSSR count). The van der Waals surface area contributed by atoms with Crippen molar-refractivity contribution in [2.24, 2.45) is 5.92 Å². The summed E-state index contributed by atoms with van der Waals surface area (Å²) in [6.45, 7) is 11.1. The fourth-order valence-corrected chi connectivity index (χ4v) is 4.42. The van der Waals surface area contributed by atoms with E-state index in [0.717, 1.165) is 57.8 Å². The van der Waals surface area contributed by atoms with Gasteiger partial charge in [0, 0.05) is 18.8 Å². The maximum atomic E-state index is 12.6. The second-order valence-corrected chi connectivity index (χ2v) is 8.50. The number of benzene rings is 1. The topological polar surface area (TPSA) is 58.3 Å². The van der Waals surface area contributed by atoms with E-state index in [-0.39, 0.29) is 5.91 Å². The van der Waals surface area contributed by atoms with Crippen molar-refractivity contribution >= 4 is 17.5 Å². The zero-order chi connectivity index (χ0) is 19.9. The van der Waals surface area contributed by atoms with Crippen molar-refractivity contribution in [1.29, 1.82) is 0 Å². The SMILES string of the molecule is CCc1ccccc1NC(=O)C[NH+]1CC[NH+](CC(=O)N2CCC[C@H](C)C2)CC1. The highest BCUT2D eigenvalue weighted by molar-refractivity contribution is 5.92. The Balaban J connectivity index is 1.40. The highest BCUT2D eigenvalue weighted by Crippen LogP contribution is 2.15. The van der Waals surface area contributed by atoms with Crippen molar-refractivity contribution in [2.45, 2.75) is 33.1 Å². The molecule has 0 bridgehead atoms. The van der Waals surface area contributed by atoms with Crippen molar-refractivity contribution in [3.05, 3.63) is 29.8 Å². The first-order valence-electron chi connectivity index (χ1n) is 10.9. The first-order valence-corrected chi connectivity index (χ1v) is 10.9. The molecular weight excluding hydrogens is 352 g/mol. The molecule has 0 spiro atoms. The maximum Gasteiger partial charge on any atom is 0.279 e. The fourth-order valence-electron chi connectivity index (χ4n) is 4.42. The van der Waals surface area contributed by atoms with Crippen LogP contribution in [0.2, 0.25) is 0 Å². The lowest BCUT2D eigenvalue weighted by molar-refractivity contribution is -1.00. The van der Waals surface area contributed by atoms with E-state index >= 15 is 0 Å².